The maximum absolute atomic E-state index is 12.6. The first-order valence-corrected chi connectivity index (χ1v) is 10.9. The van der Waals surface area contributed by atoms with Gasteiger partial charge in [-0.1, -0.05) is 66.8 Å². The van der Waals surface area contributed by atoms with Crippen molar-refractivity contribution >= 4 is 23.4 Å². The third-order valence-electron chi connectivity index (χ3n) is 5.37. The van der Waals surface area contributed by atoms with Gasteiger partial charge in [0.25, 0.3) is 5.91 Å². The quantitative estimate of drug-likeness (QED) is 0.384. The summed E-state index contributed by atoms with van der Waals surface area (Å²) in [7, 11) is 0. The van der Waals surface area contributed by atoms with Crippen molar-refractivity contribution in [3.8, 4) is 6.07 Å². The molecule has 0 radical (unpaired) electrons. The lowest BCUT2D eigenvalue weighted by atomic mass is 9.90. The Morgan fingerprint density at radius 1 is 1.12 bits per heavy atom. The van der Waals surface area contributed by atoms with Crippen LogP contribution in [-0.4, -0.2) is 16.9 Å². The van der Waals surface area contributed by atoms with Crippen molar-refractivity contribution in [1.82, 2.24) is 10.3 Å². The number of para-hydroxylation sites is 1. The summed E-state index contributed by atoms with van der Waals surface area (Å²) < 4.78 is 0. The number of rotatable bonds is 6. The molecule has 0 bridgehead atoms. The van der Waals surface area contributed by atoms with E-state index in [0.717, 1.165) is 17.5 Å². The Morgan fingerprint density at radius 2 is 1.91 bits per heavy atom. The van der Waals surface area contributed by atoms with Gasteiger partial charge in [-0.2, -0.15) is 10.3 Å². The average molecular weight is 449 g/mol. The molecule has 0 saturated carbocycles. The summed E-state index contributed by atoms with van der Waals surface area (Å²) in [5.41, 5.74) is 9.73. The Labute approximate surface area is 198 Å². The van der Waals surface area contributed by atoms with E-state index < -0.39 is 0 Å². The number of nitrogens with two attached hydrogens (primary N) is 1. The van der Waals surface area contributed by atoms with Crippen molar-refractivity contribution in [3.63, 3.8) is 0 Å². The van der Waals surface area contributed by atoms with Crippen LogP contribution in [0.15, 0.2) is 102 Å². The van der Waals surface area contributed by atoms with Gasteiger partial charge in [0.2, 0.25) is 0 Å². The lowest BCUT2D eigenvalue weighted by Gasteiger charge is -2.17. The molecule has 2 aromatic carbocycles. The zero-order valence-corrected chi connectivity index (χ0v) is 18.5. The van der Waals surface area contributed by atoms with Crippen LogP contribution in [0.4, 0.5) is 11.5 Å². The van der Waals surface area contributed by atoms with Gasteiger partial charge in [0.1, 0.15) is 6.07 Å². The summed E-state index contributed by atoms with van der Waals surface area (Å²) in [5, 5.41) is 15.1. The molecule has 1 unspecified atom stereocenters. The van der Waals surface area contributed by atoms with Crippen LogP contribution >= 0.6 is 0 Å². The van der Waals surface area contributed by atoms with Gasteiger partial charge in [-0.3, -0.25) is 4.79 Å². The maximum Gasteiger partial charge on any atom is 0.251 e. The predicted octanol–water partition coefficient (Wildman–Crippen LogP) is 4.30. The minimum atomic E-state index is -0.101. The molecule has 1 aliphatic rings. The molecule has 168 valence electrons. The minimum Gasteiger partial charge on any atom is -0.369 e. The van der Waals surface area contributed by atoms with E-state index in [4.69, 9.17) is 5.73 Å². The number of aromatic nitrogens is 1. The SMILES string of the molecule is N#Cc1ccccc1NC(N)=Nc1ccc(C2C=C(C(=O)NCc3ccccc3)C=CC2)cn1. The number of aliphatic imine (C=N–C) groups is 1. The van der Waals surface area contributed by atoms with Crippen LogP contribution in [0.25, 0.3) is 0 Å². The number of allylic oxidation sites excluding steroid dienone is 2. The molecule has 4 N–H and O–H groups in total. The van der Waals surface area contributed by atoms with E-state index in [1.54, 1.807) is 30.5 Å². The number of pyridine rings is 1. The molecule has 4 rings (SSSR count). The van der Waals surface area contributed by atoms with E-state index in [0.29, 0.717) is 29.2 Å². The van der Waals surface area contributed by atoms with Gasteiger partial charge in [-0.05, 0) is 35.7 Å². The number of nitrogens with one attached hydrogen (secondary N) is 2. The summed E-state index contributed by atoms with van der Waals surface area (Å²) in [6.45, 7) is 0.484. The maximum atomic E-state index is 12.6. The van der Waals surface area contributed by atoms with Crippen LogP contribution in [0, 0.1) is 11.3 Å². The van der Waals surface area contributed by atoms with Gasteiger partial charge in [-0.15, -0.1) is 0 Å². The molecule has 1 aromatic heterocycles. The van der Waals surface area contributed by atoms with Gasteiger partial charge in [-0.25, -0.2) is 4.98 Å². The second-order valence-electron chi connectivity index (χ2n) is 7.76. The second kappa shape index (κ2) is 10.7. The number of nitrogens with zero attached hydrogens (tertiary/aromatic N) is 3. The highest BCUT2D eigenvalue weighted by Gasteiger charge is 2.16. The van der Waals surface area contributed by atoms with Crippen molar-refractivity contribution < 1.29 is 4.79 Å². The van der Waals surface area contributed by atoms with Crippen LogP contribution < -0.4 is 16.4 Å². The molecule has 7 heteroatoms. The van der Waals surface area contributed by atoms with Gasteiger partial charge < -0.3 is 16.4 Å². The van der Waals surface area contributed by atoms with Crippen molar-refractivity contribution in [2.45, 2.75) is 18.9 Å². The Morgan fingerprint density at radius 3 is 2.68 bits per heavy atom. The number of anilines is 1. The number of carbonyl (C=O) groups excluding carboxylic acids is 1. The standard InChI is InChI=1S/C27H24N6O/c28-16-22-9-4-5-12-24(22)32-27(29)33-25-14-13-23(18-30-25)20-10-6-11-21(15-20)26(34)31-17-19-7-2-1-3-8-19/h1-9,11-15,18,20H,10,17H2,(H,31,34)(H3,29,30,32,33). The zero-order chi connectivity index (χ0) is 23.8. The zero-order valence-electron chi connectivity index (χ0n) is 18.5. The van der Waals surface area contributed by atoms with E-state index in [9.17, 15) is 10.1 Å². The third kappa shape index (κ3) is 5.75. The lowest BCUT2D eigenvalue weighted by Crippen LogP contribution is -2.24. The Bertz CT molecular complexity index is 1290. The topological polar surface area (TPSA) is 116 Å². The van der Waals surface area contributed by atoms with Crippen LogP contribution in [-0.2, 0) is 11.3 Å². The highest BCUT2D eigenvalue weighted by molar-refractivity contribution is 5.96. The Hall–Kier alpha value is -4.70. The summed E-state index contributed by atoms with van der Waals surface area (Å²) >= 11 is 0. The monoisotopic (exact) mass is 448 g/mol. The number of benzene rings is 2. The molecule has 1 aliphatic carbocycles. The molecule has 1 amide bonds. The molecule has 3 aromatic rings. The molecular formula is C27H24N6O. The highest BCUT2D eigenvalue weighted by Crippen LogP contribution is 2.28. The van der Waals surface area contributed by atoms with E-state index in [-0.39, 0.29) is 17.8 Å². The second-order valence-corrected chi connectivity index (χ2v) is 7.76. The van der Waals surface area contributed by atoms with Crippen LogP contribution in [0.2, 0.25) is 0 Å². The number of nitriles is 1. The summed E-state index contributed by atoms with van der Waals surface area (Å²) in [4.78, 5) is 21.3. The van der Waals surface area contributed by atoms with Crippen molar-refractivity contribution in [3.05, 3.63) is 113 Å². The number of hydrogen-bond acceptors (Lipinski definition) is 4. The van der Waals surface area contributed by atoms with Gasteiger partial charge >= 0.3 is 0 Å². The number of amides is 1. The van der Waals surface area contributed by atoms with Crippen molar-refractivity contribution in [2.75, 3.05) is 5.32 Å². The van der Waals surface area contributed by atoms with Crippen LogP contribution in [0.1, 0.15) is 29.0 Å². The van der Waals surface area contributed by atoms with Gasteiger partial charge in [0, 0.05) is 24.2 Å². The first-order chi connectivity index (χ1) is 16.6. The van der Waals surface area contributed by atoms with E-state index in [2.05, 4.69) is 26.7 Å². The highest BCUT2D eigenvalue weighted by atomic mass is 16.1. The smallest absolute Gasteiger partial charge is 0.251 e. The Balaban J connectivity index is 1.40. The Kier molecular flexibility index (Phi) is 7.11. The number of guanidine groups is 1. The first-order valence-electron chi connectivity index (χ1n) is 10.9. The van der Waals surface area contributed by atoms with Gasteiger partial charge in [0.15, 0.2) is 11.8 Å². The fraction of sp³-hybridized carbons (Fsp3) is 0.111. The van der Waals surface area contributed by atoms with Crippen molar-refractivity contribution in [1.29, 1.82) is 5.26 Å². The fourth-order valence-corrected chi connectivity index (χ4v) is 3.61. The predicted molar refractivity (Wildman–Crippen MR) is 133 cm³/mol. The molecule has 0 saturated heterocycles. The third-order valence-corrected chi connectivity index (χ3v) is 5.37. The lowest BCUT2D eigenvalue weighted by molar-refractivity contribution is -0.117. The number of carbonyl (C=O) groups is 1. The molecule has 34 heavy (non-hydrogen) atoms. The molecule has 0 spiro atoms. The number of hydrogen-bond donors (Lipinski definition) is 3. The molecule has 7 nitrogen and oxygen atoms in total. The first kappa shape index (κ1) is 22.5. The normalized spacial score (nSPS) is 15.2. The largest absolute Gasteiger partial charge is 0.369 e. The van der Waals surface area contributed by atoms with Crippen LogP contribution in [0.5, 0.6) is 0 Å². The minimum absolute atomic E-state index is 0.0472. The van der Waals surface area contributed by atoms with E-state index >= 15 is 0 Å². The van der Waals surface area contributed by atoms with E-state index in [1.807, 2.05) is 60.7 Å². The summed E-state index contributed by atoms with van der Waals surface area (Å²) in [5.74, 6) is 0.529. The molecule has 1 atom stereocenters. The van der Waals surface area contributed by atoms with E-state index in [1.165, 1.54) is 0 Å². The summed E-state index contributed by atoms with van der Waals surface area (Å²) in [6.07, 6.45) is 8.36. The van der Waals surface area contributed by atoms with Gasteiger partial charge in [0.05, 0.1) is 11.3 Å². The van der Waals surface area contributed by atoms with Crippen molar-refractivity contribution in [2.24, 2.45) is 10.7 Å². The van der Waals surface area contributed by atoms with Crippen LogP contribution in [0.3, 0.4) is 0 Å². The molecule has 0 aliphatic heterocycles. The molecular weight excluding hydrogens is 424 g/mol. The average Bonchev–Trinajstić information content (AvgIpc) is 2.88. The fourth-order valence-electron chi connectivity index (χ4n) is 3.61. The molecule has 1 heterocycles. The molecule has 0 fully saturated rings. The summed E-state index contributed by atoms with van der Waals surface area (Å²) in [6, 6.07) is 22.7.